The van der Waals surface area contributed by atoms with Crippen molar-refractivity contribution in [2.45, 2.75) is 25.5 Å². The zero-order valence-corrected chi connectivity index (χ0v) is 11.9. The SMILES string of the molecule is CCc1ccc2nc(CS(=O)(=O)CCC(=O)O)[nH]c2c1. The number of aromatic amines is 1. The van der Waals surface area contributed by atoms with Crippen LogP contribution in [0, 0.1) is 0 Å². The van der Waals surface area contributed by atoms with Crippen molar-refractivity contribution in [1.29, 1.82) is 0 Å². The number of hydrogen-bond donors (Lipinski definition) is 2. The fourth-order valence-corrected chi connectivity index (χ4v) is 3.10. The van der Waals surface area contributed by atoms with Crippen molar-refractivity contribution in [1.82, 2.24) is 9.97 Å². The molecule has 0 aliphatic rings. The highest BCUT2D eigenvalue weighted by molar-refractivity contribution is 7.90. The molecular weight excluding hydrogens is 280 g/mol. The molecule has 0 spiro atoms. The fourth-order valence-electron chi connectivity index (χ4n) is 1.92. The molecule has 0 amide bonds. The van der Waals surface area contributed by atoms with Crippen LogP contribution in [0.1, 0.15) is 24.7 Å². The van der Waals surface area contributed by atoms with Gasteiger partial charge in [0.05, 0.1) is 23.2 Å². The molecule has 2 N–H and O–H groups in total. The third-order valence-corrected chi connectivity index (χ3v) is 4.53. The molecule has 0 saturated carbocycles. The first kappa shape index (κ1) is 14.5. The highest BCUT2D eigenvalue weighted by atomic mass is 32.2. The van der Waals surface area contributed by atoms with E-state index in [2.05, 4.69) is 9.97 Å². The van der Waals surface area contributed by atoms with Gasteiger partial charge in [0.2, 0.25) is 0 Å². The molecule has 7 heteroatoms. The van der Waals surface area contributed by atoms with E-state index in [1.807, 2.05) is 25.1 Å². The molecule has 1 heterocycles. The summed E-state index contributed by atoms with van der Waals surface area (Å²) in [5.41, 5.74) is 2.65. The smallest absolute Gasteiger partial charge is 0.304 e. The van der Waals surface area contributed by atoms with E-state index in [4.69, 9.17) is 5.11 Å². The van der Waals surface area contributed by atoms with Gasteiger partial charge in [0.1, 0.15) is 11.6 Å². The molecule has 6 nitrogen and oxygen atoms in total. The standard InChI is InChI=1S/C13H16N2O4S/c1-2-9-3-4-10-11(7-9)15-12(14-10)8-20(18,19)6-5-13(16)17/h3-4,7H,2,5-6,8H2,1H3,(H,14,15)(H,16,17). The number of carboxylic acids is 1. The van der Waals surface area contributed by atoms with Crippen molar-refractivity contribution < 1.29 is 18.3 Å². The molecule has 108 valence electrons. The molecule has 0 bridgehead atoms. The summed E-state index contributed by atoms with van der Waals surface area (Å²) in [6, 6.07) is 5.74. The van der Waals surface area contributed by atoms with Crippen molar-refractivity contribution in [3.05, 3.63) is 29.6 Å². The van der Waals surface area contributed by atoms with Crippen molar-refractivity contribution in [2.75, 3.05) is 5.75 Å². The number of carbonyl (C=O) groups is 1. The highest BCUT2D eigenvalue weighted by Gasteiger charge is 2.16. The van der Waals surface area contributed by atoms with Crippen LogP contribution in [0.25, 0.3) is 11.0 Å². The van der Waals surface area contributed by atoms with Crippen molar-refractivity contribution in [3.63, 3.8) is 0 Å². The van der Waals surface area contributed by atoms with Crippen LogP contribution in [-0.4, -0.2) is 35.2 Å². The predicted octanol–water partition coefficient (Wildman–Crippen LogP) is 1.51. The molecule has 0 atom stereocenters. The number of sulfone groups is 1. The van der Waals surface area contributed by atoms with Crippen LogP contribution in [-0.2, 0) is 26.8 Å². The van der Waals surface area contributed by atoms with Crippen LogP contribution in [0.3, 0.4) is 0 Å². The van der Waals surface area contributed by atoms with Crippen molar-refractivity contribution >= 4 is 26.8 Å². The summed E-state index contributed by atoms with van der Waals surface area (Å²) >= 11 is 0. The molecule has 0 saturated heterocycles. The van der Waals surface area contributed by atoms with Crippen molar-refractivity contribution in [2.24, 2.45) is 0 Å². The molecular formula is C13H16N2O4S. The lowest BCUT2D eigenvalue weighted by atomic mass is 10.1. The van der Waals surface area contributed by atoms with Gasteiger partial charge in [-0.2, -0.15) is 0 Å². The number of nitrogens with zero attached hydrogens (tertiary/aromatic N) is 1. The van der Waals surface area contributed by atoms with Crippen LogP contribution < -0.4 is 0 Å². The highest BCUT2D eigenvalue weighted by Crippen LogP contribution is 2.16. The minimum Gasteiger partial charge on any atom is -0.481 e. The van der Waals surface area contributed by atoms with Gasteiger partial charge in [0.15, 0.2) is 9.84 Å². The Balaban J connectivity index is 2.19. The normalized spacial score (nSPS) is 11.8. The number of imidazole rings is 1. The van der Waals surface area contributed by atoms with E-state index in [1.165, 1.54) is 0 Å². The number of aryl methyl sites for hydroxylation is 1. The number of rotatable bonds is 6. The molecule has 2 aromatic rings. The number of nitrogens with one attached hydrogen (secondary N) is 1. The second-order valence-corrected chi connectivity index (χ2v) is 6.81. The second kappa shape index (κ2) is 5.62. The van der Waals surface area contributed by atoms with E-state index in [9.17, 15) is 13.2 Å². The Kier molecular flexibility index (Phi) is 4.08. The number of H-pyrrole nitrogens is 1. The molecule has 0 fully saturated rings. The van der Waals surface area contributed by atoms with Gasteiger partial charge in [0.25, 0.3) is 0 Å². The molecule has 0 unspecified atom stereocenters. The lowest BCUT2D eigenvalue weighted by molar-refractivity contribution is -0.136. The van der Waals surface area contributed by atoms with Crippen LogP contribution in [0.5, 0.6) is 0 Å². The van der Waals surface area contributed by atoms with Crippen molar-refractivity contribution in [3.8, 4) is 0 Å². The Morgan fingerprint density at radius 3 is 2.80 bits per heavy atom. The van der Waals surface area contributed by atoms with E-state index in [0.29, 0.717) is 11.3 Å². The zero-order valence-electron chi connectivity index (χ0n) is 11.1. The van der Waals surface area contributed by atoms with E-state index in [1.54, 1.807) is 0 Å². The van der Waals surface area contributed by atoms with Crippen LogP contribution >= 0.6 is 0 Å². The Morgan fingerprint density at radius 2 is 2.15 bits per heavy atom. The van der Waals surface area contributed by atoms with Gasteiger partial charge in [0, 0.05) is 0 Å². The maximum Gasteiger partial charge on any atom is 0.304 e. The van der Waals surface area contributed by atoms with Gasteiger partial charge in [-0.05, 0) is 24.1 Å². The predicted molar refractivity (Wildman–Crippen MR) is 75.2 cm³/mol. The van der Waals surface area contributed by atoms with Crippen LogP contribution in [0.2, 0.25) is 0 Å². The first-order chi connectivity index (χ1) is 9.39. The summed E-state index contributed by atoms with van der Waals surface area (Å²) in [6.07, 6.45) is 0.504. The molecule has 2 rings (SSSR count). The first-order valence-corrected chi connectivity index (χ1v) is 8.11. The number of fused-ring (bicyclic) bond motifs is 1. The zero-order chi connectivity index (χ0) is 14.8. The third-order valence-electron chi connectivity index (χ3n) is 2.99. The van der Waals surface area contributed by atoms with E-state index < -0.39 is 15.8 Å². The summed E-state index contributed by atoms with van der Waals surface area (Å²) < 4.78 is 23.6. The molecule has 0 radical (unpaired) electrons. The second-order valence-electron chi connectivity index (χ2n) is 4.62. The molecule has 20 heavy (non-hydrogen) atoms. The minimum atomic E-state index is -3.47. The lowest BCUT2D eigenvalue weighted by Crippen LogP contribution is -2.13. The van der Waals surface area contributed by atoms with Gasteiger partial charge in [-0.3, -0.25) is 4.79 Å². The molecule has 1 aromatic carbocycles. The number of hydrogen-bond acceptors (Lipinski definition) is 4. The third kappa shape index (κ3) is 3.57. The number of aliphatic carboxylic acids is 1. The maximum atomic E-state index is 11.8. The Morgan fingerprint density at radius 1 is 1.40 bits per heavy atom. The Hall–Kier alpha value is -1.89. The van der Waals surface area contributed by atoms with Gasteiger partial charge in [-0.15, -0.1) is 0 Å². The summed E-state index contributed by atoms with van der Waals surface area (Å²) in [5.74, 6) is -1.42. The minimum absolute atomic E-state index is 0.267. The van der Waals surface area contributed by atoms with Gasteiger partial charge < -0.3 is 10.1 Å². The largest absolute Gasteiger partial charge is 0.481 e. The van der Waals surface area contributed by atoms with Gasteiger partial charge in [-0.1, -0.05) is 13.0 Å². The summed E-state index contributed by atoms with van der Waals surface area (Å²) in [7, 11) is -3.47. The number of benzene rings is 1. The molecule has 1 aromatic heterocycles. The van der Waals surface area contributed by atoms with Gasteiger partial charge in [-0.25, -0.2) is 13.4 Å². The number of aromatic nitrogens is 2. The number of carboxylic acid groups (broad SMARTS) is 1. The monoisotopic (exact) mass is 296 g/mol. The average molecular weight is 296 g/mol. The Labute approximate surface area is 116 Å². The summed E-state index contributed by atoms with van der Waals surface area (Å²) in [4.78, 5) is 17.6. The Bertz CT molecular complexity index is 734. The topological polar surface area (TPSA) is 100 Å². The summed E-state index contributed by atoms with van der Waals surface area (Å²) in [6.45, 7) is 2.04. The quantitative estimate of drug-likeness (QED) is 0.841. The van der Waals surface area contributed by atoms with E-state index >= 15 is 0 Å². The molecule has 0 aliphatic carbocycles. The molecule has 0 aliphatic heterocycles. The lowest BCUT2D eigenvalue weighted by Gasteiger charge is -1.99. The first-order valence-electron chi connectivity index (χ1n) is 6.29. The van der Waals surface area contributed by atoms with E-state index in [0.717, 1.165) is 17.5 Å². The van der Waals surface area contributed by atoms with Crippen LogP contribution in [0.15, 0.2) is 18.2 Å². The van der Waals surface area contributed by atoms with E-state index in [-0.39, 0.29) is 17.9 Å². The fraction of sp³-hybridized carbons (Fsp3) is 0.385. The average Bonchev–Trinajstić information content (AvgIpc) is 2.76. The maximum absolute atomic E-state index is 11.8. The van der Waals surface area contributed by atoms with Gasteiger partial charge >= 0.3 is 5.97 Å². The summed E-state index contributed by atoms with van der Waals surface area (Å²) in [5, 5.41) is 8.53. The van der Waals surface area contributed by atoms with Crippen LogP contribution in [0.4, 0.5) is 0 Å².